The van der Waals surface area contributed by atoms with Gasteiger partial charge in [0.2, 0.25) is 0 Å². The summed E-state index contributed by atoms with van der Waals surface area (Å²) in [6.07, 6.45) is 0.150. The first kappa shape index (κ1) is 24.4. The minimum Gasteiger partial charge on any atom is -0.374 e. The van der Waals surface area contributed by atoms with Gasteiger partial charge in [0.05, 0.1) is 19.3 Å². The fourth-order valence-electron chi connectivity index (χ4n) is 2.94. The minimum absolute atomic E-state index is 0. The molecule has 1 aromatic carbocycles. The maximum Gasteiger partial charge on any atom is 0.191 e. The summed E-state index contributed by atoms with van der Waals surface area (Å²) in [7, 11) is 2.10. The molecule has 2 N–H and O–H groups in total. The SMILES string of the molecule is CCNC(=NCC(C)(C)c1ccc(F)cc1Cl)NCC1CN(C)CCO1.I. The highest BCUT2D eigenvalue weighted by Crippen LogP contribution is 2.30. The van der Waals surface area contributed by atoms with E-state index in [-0.39, 0.29) is 41.3 Å². The number of halogens is 3. The predicted molar refractivity (Wildman–Crippen MR) is 121 cm³/mol. The van der Waals surface area contributed by atoms with Gasteiger partial charge in [-0.2, -0.15) is 0 Å². The van der Waals surface area contributed by atoms with E-state index < -0.39 is 0 Å². The van der Waals surface area contributed by atoms with Crippen molar-refractivity contribution < 1.29 is 9.13 Å². The minimum atomic E-state index is -0.328. The number of nitrogens with zero attached hydrogens (tertiary/aromatic N) is 2. The summed E-state index contributed by atoms with van der Waals surface area (Å²) < 4.78 is 19.1. The van der Waals surface area contributed by atoms with Crippen molar-refractivity contribution in [3.63, 3.8) is 0 Å². The number of hydrogen-bond donors (Lipinski definition) is 2. The van der Waals surface area contributed by atoms with Gasteiger partial charge >= 0.3 is 0 Å². The number of rotatable bonds is 6. The van der Waals surface area contributed by atoms with Crippen molar-refractivity contribution in [2.45, 2.75) is 32.3 Å². The molecular formula is C19H31ClFIN4O. The number of likely N-dealkylation sites (N-methyl/N-ethyl adjacent to an activating group) is 1. The molecule has 1 atom stereocenters. The Kier molecular flexibility index (Phi) is 10.3. The Labute approximate surface area is 184 Å². The van der Waals surface area contributed by atoms with Gasteiger partial charge in [0.25, 0.3) is 0 Å². The molecule has 2 rings (SSSR count). The largest absolute Gasteiger partial charge is 0.374 e. The first-order chi connectivity index (χ1) is 12.3. The van der Waals surface area contributed by atoms with Crippen molar-refractivity contribution in [2.75, 3.05) is 46.4 Å². The number of benzene rings is 1. The Morgan fingerprint density at radius 3 is 2.78 bits per heavy atom. The van der Waals surface area contributed by atoms with E-state index in [4.69, 9.17) is 21.3 Å². The topological polar surface area (TPSA) is 48.9 Å². The van der Waals surface area contributed by atoms with Crippen LogP contribution in [0.25, 0.3) is 0 Å². The van der Waals surface area contributed by atoms with Crippen LogP contribution in [0.2, 0.25) is 5.02 Å². The highest BCUT2D eigenvalue weighted by Gasteiger charge is 2.24. The van der Waals surface area contributed by atoms with Crippen molar-refractivity contribution >= 4 is 41.5 Å². The molecule has 0 radical (unpaired) electrons. The number of guanidine groups is 1. The van der Waals surface area contributed by atoms with Crippen molar-refractivity contribution in [3.8, 4) is 0 Å². The van der Waals surface area contributed by atoms with Crippen molar-refractivity contribution in [1.82, 2.24) is 15.5 Å². The van der Waals surface area contributed by atoms with Crippen molar-refractivity contribution in [3.05, 3.63) is 34.6 Å². The normalized spacial score (nSPS) is 18.7. The van der Waals surface area contributed by atoms with Crippen LogP contribution in [0.3, 0.4) is 0 Å². The third-order valence-electron chi connectivity index (χ3n) is 4.48. The number of aliphatic imine (C=N–C) groups is 1. The van der Waals surface area contributed by atoms with Gasteiger partial charge in [-0.25, -0.2) is 4.39 Å². The lowest BCUT2D eigenvalue weighted by atomic mass is 9.84. The van der Waals surface area contributed by atoms with E-state index in [0.717, 1.165) is 37.8 Å². The summed E-state index contributed by atoms with van der Waals surface area (Å²) in [6, 6.07) is 4.52. The van der Waals surface area contributed by atoms with Crippen LogP contribution in [-0.2, 0) is 10.2 Å². The van der Waals surface area contributed by atoms with Gasteiger partial charge in [-0.1, -0.05) is 31.5 Å². The molecule has 27 heavy (non-hydrogen) atoms. The average Bonchev–Trinajstić information content (AvgIpc) is 2.57. The van der Waals surface area contributed by atoms with Crippen LogP contribution in [0.4, 0.5) is 4.39 Å². The molecule has 1 aliphatic heterocycles. The Bertz CT molecular complexity index is 630. The van der Waals surface area contributed by atoms with Crippen LogP contribution in [0.5, 0.6) is 0 Å². The fourth-order valence-corrected chi connectivity index (χ4v) is 3.37. The Balaban J connectivity index is 0.00000364. The number of ether oxygens (including phenoxy) is 1. The second kappa shape index (κ2) is 11.4. The summed E-state index contributed by atoms with van der Waals surface area (Å²) in [4.78, 5) is 6.96. The lowest BCUT2D eigenvalue weighted by molar-refractivity contribution is -0.0161. The summed E-state index contributed by atoms with van der Waals surface area (Å²) in [5.74, 6) is 0.418. The second-order valence-corrected chi connectivity index (χ2v) is 7.75. The van der Waals surface area contributed by atoms with E-state index in [2.05, 4.69) is 36.4 Å². The van der Waals surface area contributed by atoms with Crippen LogP contribution < -0.4 is 10.6 Å². The van der Waals surface area contributed by atoms with E-state index in [9.17, 15) is 4.39 Å². The molecule has 0 spiro atoms. The zero-order valence-corrected chi connectivity index (χ0v) is 19.6. The van der Waals surface area contributed by atoms with E-state index in [1.54, 1.807) is 6.07 Å². The number of nitrogens with one attached hydrogen (secondary N) is 2. The molecule has 1 aliphatic rings. The smallest absolute Gasteiger partial charge is 0.191 e. The monoisotopic (exact) mass is 512 g/mol. The van der Waals surface area contributed by atoms with Crippen LogP contribution in [-0.4, -0.2) is 63.3 Å². The highest BCUT2D eigenvalue weighted by molar-refractivity contribution is 14.0. The van der Waals surface area contributed by atoms with Crippen LogP contribution in [0.1, 0.15) is 26.3 Å². The van der Waals surface area contributed by atoms with E-state index in [1.807, 2.05) is 6.92 Å². The molecule has 1 heterocycles. The maximum absolute atomic E-state index is 13.3. The molecular weight excluding hydrogens is 482 g/mol. The average molecular weight is 513 g/mol. The molecule has 1 unspecified atom stereocenters. The molecule has 0 aliphatic carbocycles. The van der Waals surface area contributed by atoms with Gasteiger partial charge in [0.1, 0.15) is 5.82 Å². The van der Waals surface area contributed by atoms with Gasteiger partial charge in [0.15, 0.2) is 5.96 Å². The fraction of sp³-hybridized carbons (Fsp3) is 0.632. The Morgan fingerprint density at radius 1 is 1.41 bits per heavy atom. The molecule has 0 bridgehead atoms. The summed E-state index contributed by atoms with van der Waals surface area (Å²) in [5.41, 5.74) is 0.576. The summed E-state index contributed by atoms with van der Waals surface area (Å²) in [5, 5.41) is 7.04. The molecule has 5 nitrogen and oxygen atoms in total. The van der Waals surface area contributed by atoms with E-state index in [0.29, 0.717) is 18.1 Å². The predicted octanol–water partition coefficient (Wildman–Crippen LogP) is 3.26. The van der Waals surface area contributed by atoms with Crippen LogP contribution in [0.15, 0.2) is 23.2 Å². The third kappa shape index (κ3) is 7.71. The standard InChI is InChI=1S/C19H30ClFN4O.HI/c1-5-22-18(23-11-15-12-25(4)8-9-26-15)24-13-19(2,3)16-7-6-14(21)10-17(16)20;/h6-7,10,15H,5,8-9,11-13H2,1-4H3,(H2,22,23,24);1H. The summed E-state index contributed by atoms with van der Waals surface area (Å²) >= 11 is 6.23. The second-order valence-electron chi connectivity index (χ2n) is 7.34. The highest BCUT2D eigenvalue weighted by atomic mass is 127. The molecule has 0 aromatic heterocycles. The Hall–Kier alpha value is -0.640. The van der Waals surface area contributed by atoms with Gasteiger partial charge in [0, 0.05) is 36.6 Å². The van der Waals surface area contributed by atoms with Gasteiger partial charge in [-0.3, -0.25) is 4.99 Å². The third-order valence-corrected chi connectivity index (χ3v) is 4.79. The van der Waals surface area contributed by atoms with Crippen LogP contribution in [0, 0.1) is 5.82 Å². The molecule has 1 saturated heterocycles. The molecule has 154 valence electrons. The molecule has 1 fully saturated rings. The zero-order chi connectivity index (χ0) is 19.2. The Morgan fingerprint density at radius 2 is 2.15 bits per heavy atom. The zero-order valence-electron chi connectivity index (χ0n) is 16.5. The number of hydrogen-bond acceptors (Lipinski definition) is 3. The van der Waals surface area contributed by atoms with Gasteiger partial charge < -0.3 is 20.3 Å². The maximum atomic E-state index is 13.3. The van der Waals surface area contributed by atoms with Crippen molar-refractivity contribution in [1.29, 1.82) is 0 Å². The molecule has 0 saturated carbocycles. The first-order valence-electron chi connectivity index (χ1n) is 9.09. The number of morpholine rings is 1. The lowest BCUT2D eigenvalue weighted by Gasteiger charge is -2.30. The lowest BCUT2D eigenvalue weighted by Crippen LogP contribution is -2.48. The molecule has 1 aromatic rings. The van der Waals surface area contributed by atoms with E-state index >= 15 is 0 Å². The van der Waals surface area contributed by atoms with Gasteiger partial charge in [-0.15, -0.1) is 24.0 Å². The van der Waals surface area contributed by atoms with Gasteiger partial charge in [-0.05, 0) is 31.7 Å². The first-order valence-corrected chi connectivity index (χ1v) is 9.47. The molecule has 8 heteroatoms. The van der Waals surface area contributed by atoms with Crippen molar-refractivity contribution in [2.24, 2.45) is 4.99 Å². The summed E-state index contributed by atoms with van der Waals surface area (Å²) in [6.45, 7) is 10.8. The van der Waals surface area contributed by atoms with E-state index in [1.165, 1.54) is 12.1 Å². The quantitative estimate of drug-likeness (QED) is 0.349. The van der Waals surface area contributed by atoms with Crippen LogP contribution >= 0.6 is 35.6 Å². The molecule has 0 amide bonds.